The zero-order chi connectivity index (χ0) is 20.5. The lowest BCUT2D eigenvalue weighted by atomic mass is 10.2. The topological polar surface area (TPSA) is 61.1 Å². The van der Waals surface area contributed by atoms with Gasteiger partial charge in [0, 0.05) is 66.8 Å². The first-order valence-electron chi connectivity index (χ1n) is 9.96. The summed E-state index contributed by atoms with van der Waals surface area (Å²) >= 11 is 5.85. The Bertz CT molecular complexity index is 1260. The highest BCUT2D eigenvalue weighted by Crippen LogP contribution is 2.24. The van der Waals surface area contributed by atoms with Crippen molar-refractivity contribution in [2.45, 2.75) is 19.6 Å². The molecule has 152 valence electrons. The molecule has 4 aromatic rings. The molecule has 1 N–H and O–H groups in total. The second-order valence-corrected chi connectivity index (χ2v) is 7.79. The quantitative estimate of drug-likeness (QED) is 0.548. The molecule has 0 saturated heterocycles. The van der Waals surface area contributed by atoms with Gasteiger partial charge in [0.25, 0.3) is 5.56 Å². The van der Waals surface area contributed by atoms with Crippen LogP contribution in [0.1, 0.15) is 11.4 Å². The molecule has 30 heavy (non-hydrogen) atoms. The summed E-state index contributed by atoms with van der Waals surface area (Å²) in [7, 11) is 0. The van der Waals surface area contributed by atoms with Gasteiger partial charge in [-0.1, -0.05) is 11.6 Å². The van der Waals surface area contributed by atoms with E-state index in [2.05, 4.69) is 33.1 Å². The summed E-state index contributed by atoms with van der Waals surface area (Å²) in [6, 6.07) is 15.3. The number of nitrogens with zero attached hydrogens (tertiary/aromatic N) is 3. The lowest BCUT2D eigenvalue weighted by molar-refractivity contribution is 0.300. The van der Waals surface area contributed by atoms with Gasteiger partial charge in [-0.15, -0.1) is 0 Å². The molecule has 6 nitrogen and oxygen atoms in total. The van der Waals surface area contributed by atoms with E-state index in [1.165, 1.54) is 17.3 Å². The predicted octanol–water partition coefficient (Wildman–Crippen LogP) is 3.57. The van der Waals surface area contributed by atoms with Crippen LogP contribution in [-0.2, 0) is 19.6 Å². The minimum Gasteiger partial charge on any atom is -0.487 e. The Labute approximate surface area is 178 Å². The molecule has 1 aliphatic rings. The first-order valence-corrected chi connectivity index (χ1v) is 10.3. The highest BCUT2D eigenvalue weighted by Gasteiger charge is 2.12. The van der Waals surface area contributed by atoms with Crippen molar-refractivity contribution in [3.63, 3.8) is 0 Å². The number of hydrogen-bond acceptors (Lipinski definition) is 4. The molecule has 0 aliphatic carbocycles. The molecule has 0 fully saturated rings. The number of ether oxygens (including phenoxy) is 1. The Morgan fingerprint density at radius 3 is 2.87 bits per heavy atom. The third kappa shape index (κ3) is 3.72. The van der Waals surface area contributed by atoms with Crippen molar-refractivity contribution < 1.29 is 4.74 Å². The first-order chi connectivity index (χ1) is 14.7. The van der Waals surface area contributed by atoms with Crippen LogP contribution >= 0.6 is 11.6 Å². The second-order valence-electron chi connectivity index (χ2n) is 7.36. The minimum absolute atomic E-state index is 0.138. The van der Waals surface area contributed by atoms with E-state index in [9.17, 15) is 4.79 Å². The molecule has 0 bridgehead atoms. The van der Waals surface area contributed by atoms with Crippen LogP contribution in [0.2, 0.25) is 5.02 Å². The zero-order valence-corrected chi connectivity index (χ0v) is 17.1. The van der Waals surface area contributed by atoms with E-state index in [-0.39, 0.29) is 12.2 Å². The van der Waals surface area contributed by atoms with Gasteiger partial charge in [-0.25, -0.2) is 0 Å². The van der Waals surface area contributed by atoms with Gasteiger partial charge in [-0.2, -0.15) is 0 Å². The molecule has 0 radical (unpaired) electrons. The van der Waals surface area contributed by atoms with Crippen molar-refractivity contribution in [1.82, 2.24) is 19.4 Å². The highest BCUT2D eigenvalue weighted by molar-refractivity contribution is 6.30. The smallest absolute Gasteiger partial charge is 0.258 e. The number of fused-ring (bicyclic) bond motifs is 3. The van der Waals surface area contributed by atoms with E-state index < -0.39 is 0 Å². The van der Waals surface area contributed by atoms with Crippen molar-refractivity contribution in [1.29, 1.82) is 0 Å². The van der Waals surface area contributed by atoms with Gasteiger partial charge in [-0.3, -0.25) is 14.3 Å². The second kappa shape index (κ2) is 7.97. The summed E-state index contributed by atoms with van der Waals surface area (Å²) in [4.78, 5) is 16.9. The molecule has 4 heterocycles. The summed E-state index contributed by atoms with van der Waals surface area (Å²) in [5.74, 6) is 0.511. The Morgan fingerprint density at radius 1 is 1.10 bits per heavy atom. The number of nitrogens with one attached hydrogen (secondary N) is 1. The van der Waals surface area contributed by atoms with Crippen LogP contribution in [0.15, 0.2) is 65.7 Å². The van der Waals surface area contributed by atoms with Crippen molar-refractivity contribution >= 4 is 22.5 Å². The van der Waals surface area contributed by atoms with E-state index in [1.54, 1.807) is 35.2 Å². The van der Waals surface area contributed by atoms with Crippen molar-refractivity contribution in [2.75, 3.05) is 13.1 Å². The van der Waals surface area contributed by atoms with Crippen LogP contribution in [0.3, 0.4) is 0 Å². The third-order valence-corrected chi connectivity index (χ3v) is 5.61. The van der Waals surface area contributed by atoms with Gasteiger partial charge in [0.2, 0.25) is 0 Å². The van der Waals surface area contributed by atoms with Crippen molar-refractivity contribution in [3.05, 3.63) is 87.7 Å². The summed E-state index contributed by atoms with van der Waals surface area (Å²) in [5.41, 5.74) is 4.00. The van der Waals surface area contributed by atoms with E-state index in [4.69, 9.17) is 16.3 Å². The van der Waals surface area contributed by atoms with Gasteiger partial charge in [0.15, 0.2) is 0 Å². The summed E-state index contributed by atoms with van der Waals surface area (Å²) in [5, 5.41) is 5.17. The number of hydrogen-bond donors (Lipinski definition) is 1. The zero-order valence-electron chi connectivity index (χ0n) is 16.3. The molecule has 0 atom stereocenters. The molecule has 0 spiro atoms. The maximum Gasteiger partial charge on any atom is 0.258 e. The fourth-order valence-electron chi connectivity index (χ4n) is 3.88. The average molecular weight is 421 g/mol. The van der Waals surface area contributed by atoms with Crippen LogP contribution < -0.4 is 15.6 Å². The van der Waals surface area contributed by atoms with Crippen LogP contribution in [0.25, 0.3) is 16.6 Å². The molecule has 0 amide bonds. The largest absolute Gasteiger partial charge is 0.487 e. The van der Waals surface area contributed by atoms with Crippen LogP contribution in [0.4, 0.5) is 0 Å². The molecule has 0 saturated carbocycles. The van der Waals surface area contributed by atoms with E-state index >= 15 is 0 Å². The number of halogens is 1. The van der Waals surface area contributed by atoms with Gasteiger partial charge in [0.05, 0.1) is 10.7 Å². The Hall–Kier alpha value is -3.09. The lowest BCUT2D eigenvalue weighted by Gasteiger charge is -2.10. The summed E-state index contributed by atoms with van der Waals surface area (Å²) in [6.07, 6.45) is 4.34. The van der Waals surface area contributed by atoms with Crippen molar-refractivity contribution in [3.8, 4) is 11.4 Å². The molecule has 1 aliphatic heterocycles. The average Bonchev–Trinajstić information content (AvgIpc) is 2.93. The van der Waals surface area contributed by atoms with E-state index in [0.717, 1.165) is 42.8 Å². The highest BCUT2D eigenvalue weighted by atomic mass is 35.5. The fraction of sp³-hybridized carbons (Fsp3) is 0.217. The maximum atomic E-state index is 12.7. The Kier molecular flexibility index (Phi) is 5.02. The molecule has 1 aromatic carbocycles. The standard InChI is InChI=1S/C23H21ClN4O2/c24-17-1-2-18(26-14-17)15-30-21-6-9-28(23(29)13-21)19-3-4-22-16(11-19)12-20-5-7-25-8-10-27(20)22/h1-4,6,9,11-14,25H,5,7-8,10,15H2. The molecule has 5 rings (SSSR count). The predicted molar refractivity (Wildman–Crippen MR) is 118 cm³/mol. The van der Waals surface area contributed by atoms with Crippen LogP contribution in [0.5, 0.6) is 5.75 Å². The number of rotatable bonds is 4. The third-order valence-electron chi connectivity index (χ3n) is 5.39. The van der Waals surface area contributed by atoms with Gasteiger partial charge >= 0.3 is 0 Å². The lowest BCUT2D eigenvalue weighted by Crippen LogP contribution is -2.17. The normalized spacial score (nSPS) is 13.8. The minimum atomic E-state index is -0.138. The van der Waals surface area contributed by atoms with E-state index in [1.807, 2.05) is 6.07 Å². The number of pyridine rings is 2. The van der Waals surface area contributed by atoms with Gasteiger partial charge in [-0.05, 0) is 42.5 Å². The van der Waals surface area contributed by atoms with E-state index in [0.29, 0.717) is 10.8 Å². The van der Waals surface area contributed by atoms with Gasteiger partial charge < -0.3 is 14.6 Å². The monoisotopic (exact) mass is 420 g/mol. The molecule has 3 aromatic heterocycles. The summed E-state index contributed by atoms with van der Waals surface area (Å²) in [6.45, 7) is 3.21. The SMILES string of the molecule is O=c1cc(OCc2ccc(Cl)cn2)ccn1-c1ccc2c(c1)cc1n2CCNCC1. The molecule has 7 heteroatoms. The number of aromatic nitrogens is 3. The molecule has 0 unspecified atom stereocenters. The summed E-state index contributed by atoms with van der Waals surface area (Å²) < 4.78 is 9.71. The molecular formula is C23H21ClN4O2. The first kappa shape index (κ1) is 18.9. The van der Waals surface area contributed by atoms with Crippen LogP contribution in [0, 0.1) is 0 Å². The van der Waals surface area contributed by atoms with Crippen molar-refractivity contribution in [2.24, 2.45) is 0 Å². The van der Waals surface area contributed by atoms with Gasteiger partial charge in [0.1, 0.15) is 12.4 Å². The Morgan fingerprint density at radius 2 is 2.03 bits per heavy atom. The van der Waals surface area contributed by atoms with Crippen LogP contribution in [-0.4, -0.2) is 27.2 Å². The fourth-order valence-corrected chi connectivity index (χ4v) is 3.99. The number of benzene rings is 1. The molecular weight excluding hydrogens is 400 g/mol. The maximum absolute atomic E-state index is 12.7. The Balaban J connectivity index is 1.39.